The molecule has 4 heteroatoms. The summed E-state index contributed by atoms with van der Waals surface area (Å²) < 4.78 is 12.2. The number of hydrogen-bond donors (Lipinski definition) is 1. The maximum absolute atomic E-state index is 5.85. The maximum Gasteiger partial charge on any atom is 0.138 e. The Kier molecular flexibility index (Phi) is 4.89. The third kappa shape index (κ3) is 2.98. The molecule has 0 spiro atoms. The standard InChI is InChI=1S/C14H20BrNO2/c1-3-6-16-13-5-4-7-18-14-11(13)8-10(17-2)9-12(14)15/h8-9,13,16H,3-7H2,1-2H3. The Labute approximate surface area is 117 Å². The molecular weight excluding hydrogens is 294 g/mol. The molecule has 0 aromatic heterocycles. The SMILES string of the molecule is CCCNC1CCCOc2c(Br)cc(OC)cc21. The van der Waals surface area contributed by atoms with Crippen LogP contribution in [0.1, 0.15) is 37.8 Å². The summed E-state index contributed by atoms with van der Waals surface area (Å²) in [7, 11) is 1.69. The average Bonchev–Trinajstić information content (AvgIpc) is 2.59. The van der Waals surface area contributed by atoms with Crippen molar-refractivity contribution in [3.05, 3.63) is 22.2 Å². The number of methoxy groups -OCH3 is 1. The van der Waals surface area contributed by atoms with Crippen LogP contribution in [0, 0.1) is 0 Å². The Balaban J connectivity index is 2.35. The Hall–Kier alpha value is -0.740. The molecule has 1 aliphatic rings. The van der Waals surface area contributed by atoms with Crippen LogP contribution in [0.25, 0.3) is 0 Å². The fourth-order valence-corrected chi connectivity index (χ4v) is 2.83. The summed E-state index contributed by atoms with van der Waals surface area (Å²) in [6.45, 7) is 3.99. The lowest BCUT2D eigenvalue weighted by Gasteiger charge is -2.19. The highest BCUT2D eigenvalue weighted by molar-refractivity contribution is 9.10. The van der Waals surface area contributed by atoms with E-state index >= 15 is 0 Å². The fraction of sp³-hybridized carbons (Fsp3) is 0.571. The highest BCUT2D eigenvalue weighted by Crippen LogP contribution is 2.40. The zero-order valence-electron chi connectivity index (χ0n) is 11.0. The molecule has 1 unspecified atom stereocenters. The molecule has 0 fully saturated rings. The van der Waals surface area contributed by atoms with Gasteiger partial charge in [0.25, 0.3) is 0 Å². The molecule has 1 N–H and O–H groups in total. The van der Waals surface area contributed by atoms with E-state index in [1.807, 2.05) is 6.07 Å². The summed E-state index contributed by atoms with van der Waals surface area (Å²) in [5.41, 5.74) is 1.20. The van der Waals surface area contributed by atoms with Crippen molar-refractivity contribution in [1.82, 2.24) is 5.32 Å². The van der Waals surface area contributed by atoms with Gasteiger partial charge in [0.15, 0.2) is 0 Å². The third-order valence-electron chi connectivity index (χ3n) is 3.18. The second-order valence-corrected chi connectivity index (χ2v) is 5.38. The number of rotatable bonds is 4. The Bertz CT molecular complexity index is 409. The van der Waals surface area contributed by atoms with Gasteiger partial charge in [-0.3, -0.25) is 0 Å². The van der Waals surface area contributed by atoms with Crippen molar-refractivity contribution in [3.8, 4) is 11.5 Å². The summed E-state index contributed by atoms with van der Waals surface area (Å²) in [5.74, 6) is 1.83. The van der Waals surface area contributed by atoms with Crippen LogP contribution in [-0.4, -0.2) is 20.3 Å². The van der Waals surface area contributed by atoms with Gasteiger partial charge >= 0.3 is 0 Å². The van der Waals surface area contributed by atoms with Crippen LogP contribution in [-0.2, 0) is 0 Å². The molecule has 3 nitrogen and oxygen atoms in total. The normalized spacial score (nSPS) is 18.7. The van der Waals surface area contributed by atoms with Crippen LogP contribution in [0.5, 0.6) is 11.5 Å². The minimum absolute atomic E-state index is 0.355. The fourth-order valence-electron chi connectivity index (χ4n) is 2.27. The summed E-state index contributed by atoms with van der Waals surface area (Å²) in [5, 5.41) is 3.59. The van der Waals surface area contributed by atoms with Crippen LogP contribution >= 0.6 is 15.9 Å². The Morgan fingerprint density at radius 2 is 2.33 bits per heavy atom. The van der Waals surface area contributed by atoms with E-state index in [0.29, 0.717) is 6.04 Å². The number of benzene rings is 1. The molecule has 0 saturated carbocycles. The van der Waals surface area contributed by atoms with Crippen molar-refractivity contribution in [2.24, 2.45) is 0 Å². The monoisotopic (exact) mass is 313 g/mol. The minimum atomic E-state index is 0.355. The quantitative estimate of drug-likeness (QED) is 0.920. The summed E-state index contributed by atoms with van der Waals surface area (Å²) in [6, 6.07) is 4.40. The van der Waals surface area contributed by atoms with Gasteiger partial charge in [-0.15, -0.1) is 0 Å². The molecule has 0 saturated heterocycles. The van der Waals surface area contributed by atoms with Crippen molar-refractivity contribution in [1.29, 1.82) is 0 Å². The Morgan fingerprint density at radius 1 is 1.50 bits per heavy atom. The lowest BCUT2D eigenvalue weighted by Crippen LogP contribution is -2.21. The molecule has 0 aliphatic carbocycles. The maximum atomic E-state index is 5.85. The Morgan fingerprint density at radius 3 is 3.06 bits per heavy atom. The predicted molar refractivity (Wildman–Crippen MR) is 76.5 cm³/mol. The molecule has 1 aliphatic heterocycles. The van der Waals surface area contributed by atoms with E-state index in [2.05, 4.69) is 34.2 Å². The van der Waals surface area contributed by atoms with Gasteiger partial charge in [-0.05, 0) is 53.9 Å². The molecule has 1 heterocycles. The van der Waals surface area contributed by atoms with E-state index in [1.165, 1.54) is 5.56 Å². The number of nitrogens with one attached hydrogen (secondary N) is 1. The molecule has 0 bridgehead atoms. The molecule has 18 heavy (non-hydrogen) atoms. The summed E-state index contributed by atoms with van der Waals surface area (Å²) >= 11 is 3.57. The number of ether oxygens (including phenoxy) is 2. The van der Waals surface area contributed by atoms with Crippen molar-refractivity contribution in [2.45, 2.75) is 32.2 Å². The largest absolute Gasteiger partial charge is 0.497 e. The summed E-state index contributed by atoms with van der Waals surface area (Å²) in [4.78, 5) is 0. The zero-order valence-corrected chi connectivity index (χ0v) is 12.5. The van der Waals surface area contributed by atoms with Crippen LogP contribution in [0.4, 0.5) is 0 Å². The highest BCUT2D eigenvalue weighted by atomic mass is 79.9. The van der Waals surface area contributed by atoms with E-state index in [-0.39, 0.29) is 0 Å². The first kappa shape index (κ1) is 13.7. The van der Waals surface area contributed by atoms with Gasteiger partial charge in [0.05, 0.1) is 18.2 Å². The van der Waals surface area contributed by atoms with Gasteiger partial charge in [-0.2, -0.15) is 0 Å². The molecule has 0 amide bonds. The summed E-state index contributed by atoms with van der Waals surface area (Å²) in [6.07, 6.45) is 3.31. The second kappa shape index (κ2) is 6.43. The molecule has 1 atom stereocenters. The number of fused-ring (bicyclic) bond motifs is 1. The highest BCUT2D eigenvalue weighted by Gasteiger charge is 2.22. The lowest BCUT2D eigenvalue weighted by molar-refractivity contribution is 0.313. The zero-order chi connectivity index (χ0) is 13.0. The van der Waals surface area contributed by atoms with Crippen molar-refractivity contribution in [2.75, 3.05) is 20.3 Å². The topological polar surface area (TPSA) is 30.5 Å². The van der Waals surface area contributed by atoms with Gasteiger partial charge in [-0.25, -0.2) is 0 Å². The number of halogens is 1. The van der Waals surface area contributed by atoms with E-state index in [0.717, 1.165) is 48.4 Å². The molecule has 0 radical (unpaired) electrons. The van der Waals surface area contributed by atoms with E-state index in [9.17, 15) is 0 Å². The predicted octanol–water partition coefficient (Wildman–Crippen LogP) is 3.67. The average molecular weight is 314 g/mol. The van der Waals surface area contributed by atoms with Gasteiger partial charge < -0.3 is 14.8 Å². The van der Waals surface area contributed by atoms with Crippen molar-refractivity contribution >= 4 is 15.9 Å². The molecule has 1 aromatic carbocycles. The molecule has 1 aromatic rings. The van der Waals surface area contributed by atoms with Crippen LogP contribution in [0.2, 0.25) is 0 Å². The van der Waals surface area contributed by atoms with Crippen LogP contribution in [0.3, 0.4) is 0 Å². The second-order valence-electron chi connectivity index (χ2n) is 4.52. The van der Waals surface area contributed by atoms with Gasteiger partial charge in [0.1, 0.15) is 11.5 Å². The van der Waals surface area contributed by atoms with E-state index in [4.69, 9.17) is 9.47 Å². The molecule has 2 rings (SSSR count). The lowest BCUT2D eigenvalue weighted by atomic mass is 10.0. The van der Waals surface area contributed by atoms with E-state index in [1.54, 1.807) is 7.11 Å². The molecule has 100 valence electrons. The van der Waals surface area contributed by atoms with Gasteiger partial charge in [0.2, 0.25) is 0 Å². The number of hydrogen-bond acceptors (Lipinski definition) is 3. The van der Waals surface area contributed by atoms with Crippen molar-refractivity contribution < 1.29 is 9.47 Å². The van der Waals surface area contributed by atoms with E-state index < -0.39 is 0 Å². The minimum Gasteiger partial charge on any atom is -0.497 e. The van der Waals surface area contributed by atoms with Gasteiger partial charge in [-0.1, -0.05) is 6.92 Å². The van der Waals surface area contributed by atoms with Crippen molar-refractivity contribution in [3.63, 3.8) is 0 Å². The smallest absolute Gasteiger partial charge is 0.138 e. The third-order valence-corrected chi connectivity index (χ3v) is 3.77. The first-order chi connectivity index (χ1) is 8.76. The van der Waals surface area contributed by atoms with Crippen LogP contribution < -0.4 is 14.8 Å². The first-order valence-corrected chi connectivity index (χ1v) is 7.29. The first-order valence-electron chi connectivity index (χ1n) is 6.50. The van der Waals surface area contributed by atoms with Gasteiger partial charge in [0, 0.05) is 11.6 Å². The molecular formula is C14H20BrNO2. The van der Waals surface area contributed by atoms with Crippen LogP contribution in [0.15, 0.2) is 16.6 Å².